The van der Waals surface area contributed by atoms with Crippen molar-refractivity contribution in [1.29, 1.82) is 0 Å². The second-order valence-corrected chi connectivity index (χ2v) is 3.98. The molecule has 0 amide bonds. The van der Waals surface area contributed by atoms with Gasteiger partial charge in [-0.1, -0.05) is 12.1 Å². The molecule has 0 unspecified atom stereocenters. The number of nitrogens with zero attached hydrogens (tertiary/aromatic N) is 1. The highest BCUT2D eigenvalue weighted by molar-refractivity contribution is 5.79. The summed E-state index contributed by atoms with van der Waals surface area (Å²) in [5, 5.41) is 20.7. The zero-order chi connectivity index (χ0) is 13.3. The van der Waals surface area contributed by atoms with Gasteiger partial charge in [0.1, 0.15) is 5.75 Å². The van der Waals surface area contributed by atoms with Gasteiger partial charge in [0.05, 0.1) is 10.5 Å². The van der Waals surface area contributed by atoms with Gasteiger partial charge in [0.25, 0.3) is 5.69 Å². The number of nitrogens with two attached hydrogens (primary N) is 1. The summed E-state index contributed by atoms with van der Waals surface area (Å²) in [5.74, 6) is 0.0347. The molecular formula is C13H12N2O3. The highest BCUT2D eigenvalue weighted by Crippen LogP contribution is 2.37. The van der Waals surface area contributed by atoms with Gasteiger partial charge in [-0.2, -0.15) is 0 Å². The Morgan fingerprint density at radius 1 is 1.17 bits per heavy atom. The van der Waals surface area contributed by atoms with Crippen LogP contribution < -0.4 is 5.73 Å². The minimum atomic E-state index is -0.460. The molecule has 0 atom stereocenters. The molecule has 5 nitrogen and oxygen atoms in total. The molecule has 0 spiro atoms. The molecule has 0 bridgehead atoms. The first-order valence-electron chi connectivity index (χ1n) is 5.33. The highest BCUT2D eigenvalue weighted by atomic mass is 16.6. The normalized spacial score (nSPS) is 10.3. The fourth-order valence-electron chi connectivity index (χ4n) is 1.85. The number of hydrogen-bond acceptors (Lipinski definition) is 4. The number of nitro groups is 1. The van der Waals surface area contributed by atoms with Crippen LogP contribution >= 0.6 is 0 Å². The maximum atomic E-state index is 11.0. The van der Waals surface area contributed by atoms with Crippen LogP contribution in [0.3, 0.4) is 0 Å². The van der Waals surface area contributed by atoms with E-state index in [1.165, 1.54) is 12.1 Å². The number of aromatic hydroxyl groups is 1. The third kappa shape index (κ3) is 1.98. The van der Waals surface area contributed by atoms with E-state index in [1.54, 1.807) is 31.2 Å². The van der Waals surface area contributed by atoms with Crippen molar-refractivity contribution in [3.8, 4) is 16.9 Å². The molecule has 0 saturated heterocycles. The Morgan fingerprint density at radius 2 is 1.78 bits per heavy atom. The zero-order valence-corrected chi connectivity index (χ0v) is 9.75. The average molecular weight is 244 g/mol. The second kappa shape index (κ2) is 4.37. The third-order valence-electron chi connectivity index (χ3n) is 2.81. The van der Waals surface area contributed by atoms with Crippen LogP contribution in [0.25, 0.3) is 11.1 Å². The molecule has 0 aromatic heterocycles. The number of rotatable bonds is 2. The van der Waals surface area contributed by atoms with Gasteiger partial charge in [-0.15, -0.1) is 0 Å². The van der Waals surface area contributed by atoms with Crippen molar-refractivity contribution in [3.63, 3.8) is 0 Å². The van der Waals surface area contributed by atoms with Gasteiger partial charge in [0, 0.05) is 17.3 Å². The van der Waals surface area contributed by atoms with Crippen molar-refractivity contribution in [3.05, 3.63) is 52.1 Å². The molecule has 0 saturated carbocycles. The van der Waals surface area contributed by atoms with Crippen LogP contribution in [-0.2, 0) is 0 Å². The topological polar surface area (TPSA) is 89.4 Å². The summed E-state index contributed by atoms with van der Waals surface area (Å²) < 4.78 is 0. The van der Waals surface area contributed by atoms with E-state index in [0.717, 1.165) is 0 Å². The minimum absolute atomic E-state index is 0.0323. The van der Waals surface area contributed by atoms with Crippen LogP contribution in [0.2, 0.25) is 0 Å². The quantitative estimate of drug-likeness (QED) is 0.483. The van der Waals surface area contributed by atoms with Crippen molar-refractivity contribution in [1.82, 2.24) is 0 Å². The van der Waals surface area contributed by atoms with Gasteiger partial charge in [0.2, 0.25) is 0 Å². The van der Waals surface area contributed by atoms with E-state index in [-0.39, 0.29) is 11.4 Å². The van der Waals surface area contributed by atoms with Gasteiger partial charge in [-0.3, -0.25) is 10.1 Å². The first-order valence-corrected chi connectivity index (χ1v) is 5.33. The first-order chi connectivity index (χ1) is 8.50. The van der Waals surface area contributed by atoms with Crippen molar-refractivity contribution in [2.45, 2.75) is 6.92 Å². The van der Waals surface area contributed by atoms with E-state index in [2.05, 4.69) is 0 Å². The Balaban J connectivity index is 2.71. The third-order valence-corrected chi connectivity index (χ3v) is 2.81. The number of phenols is 1. The highest BCUT2D eigenvalue weighted by Gasteiger charge is 2.19. The SMILES string of the molecule is Cc1c(O)ccc([N+](=O)[O-])c1-c1ccc(N)cc1. The average Bonchev–Trinajstić information content (AvgIpc) is 2.33. The van der Waals surface area contributed by atoms with Crippen LogP contribution in [0.4, 0.5) is 11.4 Å². The molecule has 0 fully saturated rings. The van der Waals surface area contributed by atoms with Crippen molar-refractivity contribution >= 4 is 11.4 Å². The summed E-state index contributed by atoms with van der Waals surface area (Å²) in [4.78, 5) is 10.6. The molecule has 0 aliphatic heterocycles. The van der Waals surface area contributed by atoms with E-state index >= 15 is 0 Å². The number of anilines is 1. The van der Waals surface area contributed by atoms with E-state index in [0.29, 0.717) is 22.4 Å². The summed E-state index contributed by atoms with van der Waals surface area (Å²) >= 11 is 0. The predicted octanol–water partition coefficient (Wildman–Crippen LogP) is 2.86. The van der Waals surface area contributed by atoms with Gasteiger partial charge < -0.3 is 10.8 Å². The largest absolute Gasteiger partial charge is 0.508 e. The summed E-state index contributed by atoms with van der Waals surface area (Å²) in [6, 6.07) is 9.36. The van der Waals surface area contributed by atoms with Crippen molar-refractivity contribution in [2.24, 2.45) is 0 Å². The van der Waals surface area contributed by atoms with Crippen molar-refractivity contribution in [2.75, 3.05) is 5.73 Å². The fraction of sp³-hybridized carbons (Fsp3) is 0.0769. The van der Waals surface area contributed by atoms with E-state index in [4.69, 9.17) is 5.73 Å². The number of benzene rings is 2. The molecule has 0 aliphatic carbocycles. The number of nitrogen functional groups attached to an aromatic ring is 1. The van der Waals surface area contributed by atoms with Gasteiger partial charge in [-0.05, 0) is 30.7 Å². The molecule has 18 heavy (non-hydrogen) atoms. The summed E-state index contributed by atoms with van der Waals surface area (Å²) in [6.45, 7) is 1.65. The maximum absolute atomic E-state index is 11.0. The van der Waals surface area contributed by atoms with Crippen LogP contribution in [0.15, 0.2) is 36.4 Å². The smallest absolute Gasteiger partial charge is 0.277 e. The Labute approximate surface area is 104 Å². The summed E-state index contributed by atoms with van der Waals surface area (Å²) in [7, 11) is 0. The minimum Gasteiger partial charge on any atom is -0.508 e. The molecule has 0 radical (unpaired) electrons. The summed E-state index contributed by atoms with van der Waals surface area (Å²) in [5.41, 5.74) is 7.69. The molecule has 0 aliphatic rings. The van der Waals surface area contributed by atoms with Crippen LogP contribution in [0.1, 0.15) is 5.56 Å². The molecule has 5 heteroatoms. The molecule has 2 rings (SSSR count). The van der Waals surface area contributed by atoms with Gasteiger partial charge >= 0.3 is 0 Å². The molecule has 3 N–H and O–H groups in total. The van der Waals surface area contributed by atoms with E-state index in [9.17, 15) is 15.2 Å². The molecule has 0 heterocycles. The number of phenolic OH excluding ortho intramolecular Hbond substituents is 1. The molecule has 92 valence electrons. The van der Waals surface area contributed by atoms with E-state index in [1.807, 2.05) is 0 Å². The monoisotopic (exact) mass is 244 g/mol. The zero-order valence-electron chi connectivity index (χ0n) is 9.75. The number of nitro benzene ring substituents is 1. The lowest BCUT2D eigenvalue weighted by Crippen LogP contribution is -1.95. The maximum Gasteiger partial charge on any atom is 0.277 e. The lowest BCUT2D eigenvalue weighted by atomic mass is 9.97. The Kier molecular flexibility index (Phi) is 2.89. The van der Waals surface area contributed by atoms with Crippen LogP contribution in [0, 0.1) is 17.0 Å². The van der Waals surface area contributed by atoms with Crippen LogP contribution in [0.5, 0.6) is 5.75 Å². The Bertz CT molecular complexity index is 606. The molecule has 2 aromatic carbocycles. The summed E-state index contributed by atoms with van der Waals surface area (Å²) in [6.07, 6.45) is 0. The fourth-order valence-corrected chi connectivity index (χ4v) is 1.85. The molecular weight excluding hydrogens is 232 g/mol. The Hall–Kier alpha value is -2.56. The van der Waals surface area contributed by atoms with Crippen LogP contribution in [-0.4, -0.2) is 10.0 Å². The van der Waals surface area contributed by atoms with Gasteiger partial charge in [-0.25, -0.2) is 0 Å². The Morgan fingerprint density at radius 3 is 2.33 bits per heavy atom. The standard InChI is InChI=1S/C13H12N2O3/c1-8-12(16)7-6-11(15(17)18)13(8)9-2-4-10(14)5-3-9/h2-7,16H,14H2,1H3. The predicted molar refractivity (Wildman–Crippen MR) is 69.3 cm³/mol. The number of hydrogen-bond donors (Lipinski definition) is 2. The first kappa shape index (κ1) is 11.9. The van der Waals surface area contributed by atoms with Crippen molar-refractivity contribution < 1.29 is 10.0 Å². The molecule has 2 aromatic rings. The van der Waals surface area contributed by atoms with Gasteiger partial charge in [0.15, 0.2) is 0 Å². The lowest BCUT2D eigenvalue weighted by Gasteiger charge is -2.09. The van der Waals surface area contributed by atoms with E-state index < -0.39 is 4.92 Å². The lowest BCUT2D eigenvalue weighted by molar-refractivity contribution is -0.384. The second-order valence-electron chi connectivity index (χ2n) is 3.98.